The molecule has 3 heterocycles. The Kier molecular flexibility index (Phi) is 5.34. The number of aromatic amines is 1. The van der Waals surface area contributed by atoms with E-state index in [0.29, 0.717) is 48.6 Å². The van der Waals surface area contributed by atoms with Gasteiger partial charge in [0.05, 0.1) is 16.8 Å². The molecule has 1 N–H and O–H groups in total. The number of piperazine rings is 1. The second kappa shape index (κ2) is 7.97. The van der Waals surface area contributed by atoms with Crippen molar-refractivity contribution in [1.82, 2.24) is 25.1 Å². The molecule has 0 saturated carbocycles. The van der Waals surface area contributed by atoms with Gasteiger partial charge in [0.1, 0.15) is 11.5 Å². The lowest BCUT2D eigenvalue weighted by Crippen LogP contribution is -2.49. The second-order valence-electron chi connectivity index (χ2n) is 7.13. The fraction of sp³-hybridized carbons (Fsp3) is 0.300. The van der Waals surface area contributed by atoms with Crippen LogP contribution >= 0.6 is 0 Å². The number of H-pyrrole nitrogens is 1. The number of alkyl halides is 3. The number of carbonyl (C=O) groups is 1. The van der Waals surface area contributed by atoms with Crippen molar-refractivity contribution in [3.8, 4) is 11.5 Å². The van der Waals surface area contributed by atoms with Crippen LogP contribution in [-0.4, -0.2) is 57.2 Å². The molecule has 0 atom stereocenters. The molecule has 2 aromatic heterocycles. The molecule has 1 saturated heterocycles. The Labute approximate surface area is 174 Å². The van der Waals surface area contributed by atoms with Gasteiger partial charge in [-0.25, -0.2) is 9.37 Å². The van der Waals surface area contributed by atoms with E-state index in [1.54, 1.807) is 18.3 Å². The lowest BCUT2D eigenvalue weighted by molar-refractivity contribution is -0.138. The first-order valence-corrected chi connectivity index (χ1v) is 9.49. The van der Waals surface area contributed by atoms with Crippen molar-refractivity contribution >= 4 is 11.7 Å². The van der Waals surface area contributed by atoms with E-state index >= 15 is 0 Å². The quantitative estimate of drug-likeness (QED) is 0.640. The largest absolute Gasteiger partial charge is 0.417 e. The number of carbonyl (C=O) groups excluding carboxylic acids is 1. The molecular formula is C20H18F4N6O. The minimum atomic E-state index is -4.75. The van der Waals surface area contributed by atoms with Crippen LogP contribution in [-0.2, 0) is 6.18 Å². The number of hydrogen-bond donors (Lipinski definition) is 1. The van der Waals surface area contributed by atoms with Gasteiger partial charge in [-0.1, -0.05) is 0 Å². The summed E-state index contributed by atoms with van der Waals surface area (Å²) in [5.41, 5.74) is -0.417. The number of halogens is 4. The van der Waals surface area contributed by atoms with Gasteiger partial charge in [-0.3, -0.25) is 4.79 Å². The molecule has 31 heavy (non-hydrogen) atoms. The Hall–Kier alpha value is -3.50. The number of anilines is 1. The molecule has 7 nitrogen and oxygen atoms in total. The van der Waals surface area contributed by atoms with E-state index < -0.39 is 29.0 Å². The molecule has 1 aliphatic heterocycles. The number of aromatic nitrogens is 4. The zero-order chi connectivity index (χ0) is 22.2. The van der Waals surface area contributed by atoms with Crippen LogP contribution in [0, 0.1) is 12.7 Å². The Morgan fingerprint density at radius 1 is 1.06 bits per heavy atom. The van der Waals surface area contributed by atoms with Crippen molar-refractivity contribution in [2.75, 3.05) is 31.1 Å². The molecule has 1 amide bonds. The highest BCUT2D eigenvalue weighted by atomic mass is 19.4. The van der Waals surface area contributed by atoms with E-state index in [-0.39, 0.29) is 13.1 Å². The van der Waals surface area contributed by atoms with Crippen LogP contribution in [0.5, 0.6) is 0 Å². The third kappa shape index (κ3) is 4.35. The number of aryl methyl sites for hydroxylation is 1. The average molecular weight is 434 g/mol. The summed E-state index contributed by atoms with van der Waals surface area (Å²) in [6.45, 7) is 2.91. The van der Waals surface area contributed by atoms with Gasteiger partial charge in [-0.05, 0) is 37.3 Å². The summed E-state index contributed by atoms with van der Waals surface area (Å²) in [5, 5.41) is 8.34. The Morgan fingerprint density at radius 3 is 2.39 bits per heavy atom. The molecule has 1 fully saturated rings. The van der Waals surface area contributed by atoms with Crippen molar-refractivity contribution in [2.45, 2.75) is 13.1 Å². The summed E-state index contributed by atoms with van der Waals surface area (Å²) in [4.78, 5) is 23.1. The maximum absolute atomic E-state index is 13.5. The summed E-state index contributed by atoms with van der Waals surface area (Å²) >= 11 is 0. The van der Waals surface area contributed by atoms with Gasteiger partial charge < -0.3 is 14.8 Å². The standard InChI is InChI=1S/C20H18F4N6O/c1-12-11-25-18(26-12)16-4-5-17(28-27-16)29-6-8-30(9-7-29)19(31)14-10-13(21)2-3-15(14)20(22,23)24/h2-5,10-11H,6-9H2,1H3,(H,25,26). The van der Waals surface area contributed by atoms with E-state index in [9.17, 15) is 22.4 Å². The van der Waals surface area contributed by atoms with Crippen molar-refractivity contribution in [2.24, 2.45) is 0 Å². The van der Waals surface area contributed by atoms with Crippen molar-refractivity contribution in [1.29, 1.82) is 0 Å². The van der Waals surface area contributed by atoms with Crippen molar-refractivity contribution < 1.29 is 22.4 Å². The van der Waals surface area contributed by atoms with E-state index in [2.05, 4.69) is 20.2 Å². The fourth-order valence-corrected chi connectivity index (χ4v) is 3.41. The van der Waals surface area contributed by atoms with E-state index in [0.717, 1.165) is 5.69 Å². The maximum Gasteiger partial charge on any atom is 0.417 e. The van der Waals surface area contributed by atoms with E-state index in [1.165, 1.54) is 4.90 Å². The molecule has 0 radical (unpaired) electrons. The summed E-state index contributed by atoms with van der Waals surface area (Å²) in [6.07, 6.45) is -2.99. The van der Waals surface area contributed by atoms with Gasteiger partial charge in [0.25, 0.3) is 5.91 Å². The normalized spacial score (nSPS) is 14.7. The molecule has 0 spiro atoms. The van der Waals surface area contributed by atoms with Crippen LogP contribution in [0.15, 0.2) is 36.5 Å². The SMILES string of the molecule is Cc1c[nH]c(-c2ccc(N3CCN(C(=O)c4cc(F)ccc4C(F)(F)F)CC3)nn2)n1. The van der Waals surface area contributed by atoms with Crippen molar-refractivity contribution in [3.63, 3.8) is 0 Å². The lowest BCUT2D eigenvalue weighted by Gasteiger charge is -2.35. The van der Waals surface area contributed by atoms with Crippen LogP contribution in [0.1, 0.15) is 21.6 Å². The predicted molar refractivity (Wildman–Crippen MR) is 104 cm³/mol. The zero-order valence-electron chi connectivity index (χ0n) is 16.4. The number of hydrogen-bond acceptors (Lipinski definition) is 5. The number of rotatable bonds is 3. The molecule has 0 unspecified atom stereocenters. The summed E-state index contributed by atoms with van der Waals surface area (Å²) in [5.74, 6) is -0.554. The van der Waals surface area contributed by atoms with Crippen LogP contribution in [0.3, 0.4) is 0 Å². The molecule has 1 aromatic carbocycles. The van der Waals surface area contributed by atoms with Gasteiger partial charge in [0.15, 0.2) is 11.6 Å². The first-order valence-electron chi connectivity index (χ1n) is 9.49. The first kappa shape index (κ1) is 20.8. The molecule has 162 valence electrons. The summed E-state index contributed by atoms with van der Waals surface area (Å²) in [6, 6.07) is 5.46. The second-order valence-corrected chi connectivity index (χ2v) is 7.13. The molecular weight excluding hydrogens is 416 g/mol. The lowest BCUT2D eigenvalue weighted by atomic mass is 10.0. The Balaban J connectivity index is 1.44. The summed E-state index contributed by atoms with van der Waals surface area (Å²) < 4.78 is 53.2. The molecule has 3 aromatic rings. The highest BCUT2D eigenvalue weighted by Crippen LogP contribution is 2.33. The smallest absolute Gasteiger partial charge is 0.352 e. The average Bonchev–Trinajstić information content (AvgIpc) is 3.19. The summed E-state index contributed by atoms with van der Waals surface area (Å²) in [7, 11) is 0. The topological polar surface area (TPSA) is 78.0 Å². The molecule has 0 aliphatic carbocycles. The third-order valence-corrected chi connectivity index (χ3v) is 5.01. The van der Waals surface area contributed by atoms with Crippen molar-refractivity contribution in [3.05, 3.63) is 59.2 Å². The first-order chi connectivity index (χ1) is 14.7. The Morgan fingerprint density at radius 2 is 1.81 bits per heavy atom. The minimum Gasteiger partial charge on any atom is -0.352 e. The maximum atomic E-state index is 13.5. The fourth-order valence-electron chi connectivity index (χ4n) is 3.41. The van der Waals surface area contributed by atoms with Gasteiger partial charge in [0, 0.05) is 32.4 Å². The third-order valence-electron chi connectivity index (χ3n) is 5.01. The van der Waals surface area contributed by atoms with Gasteiger partial charge in [0.2, 0.25) is 0 Å². The highest BCUT2D eigenvalue weighted by Gasteiger charge is 2.37. The molecule has 0 bridgehead atoms. The molecule has 4 rings (SSSR count). The number of benzene rings is 1. The monoisotopic (exact) mass is 434 g/mol. The minimum absolute atomic E-state index is 0.174. The van der Waals surface area contributed by atoms with Crippen LogP contribution in [0.25, 0.3) is 11.5 Å². The number of imidazole rings is 1. The Bertz CT molecular complexity index is 1090. The zero-order valence-corrected chi connectivity index (χ0v) is 16.4. The molecule has 1 aliphatic rings. The van der Waals surface area contributed by atoms with Gasteiger partial charge >= 0.3 is 6.18 Å². The highest BCUT2D eigenvalue weighted by molar-refractivity contribution is 5.96. The molecule has 11 heteroatoms. The predicted octanol–water partition coefficient (Wildman–Crippen LogP) is 3.30. The number of amides is 1. The van der Waals surface area contributed by atoms with Crippen LogP contribution < -0.4 is 4.90 Å². The van der Waals surface area contributed by atoms with E-state index in [1.807, 2.05) is 11.8 Å². The van der Waals surface area contributed by atoms with Crippen LogP contribution in [0.2, 0.25) is 0 Å². The van der Waals surface area contributed by atoms with E-state index in [4.69, 9.17) is 0 Å². The number of nitrogens with zero attached hydrogens (tertiary/aromatic N) is 5. The van der Waals surface area contributed by atoms with Gasteiger partial charge in [-0.15, -0.1) is 10.2 Å². The van der Waals surface area contributed by atoms with Crippen LogP contribution in [0.4, 0.5) is 23.4 Å². The van der Waals surface area contributed by atoms with Gasteiger partial charge in [-0.2, -0.15) is 13.2 Å². The number of nitrogens with one attached hydrogen (secondary N) is 1.